The highest BCUT2D eigenvalue weighted by molar-refractivity contribution is 5.16. The van der Waals surface area contributed by atoms with Crippen LogP contribution in [-0.4, -0.2) is 303 Å². The predicted molar refractivity (Wildman–Crippen MR) is 280 cm³/mol. The summed E-state index contributed by atoms with van der Waals surface area (Å²) in [5, 5.41) is 194. The standard InChI is InChI=1S/C56H94O29/c1-20(18-75-49-43(71)39(67)36(64)30(14-57)78-49)7-10-56(74)21(2)34-29(85-56)12-25-23-6-5-22-11-28(26(61)13-55(22,4)24(23)8-9-54(25,34)3)77-51-45(73)41(69)46(33(17-60)81-51)82-53-48(84-52-44(72)40(68)37(65)31(15-58)79-52)47(38(66)32(16-59)80-53)83-50-42(70)35(63)27(62)19-76-50/h20-53,57-74H,5-19H2,1-4H3/t20-,21+,22+,23-,24+,25+,26-,27-,28-,29+,30-,31-,32-,33-,34+,35+,36+,37-,38-,39+,40+,41-,42-,43-,44-,45-,46-,47+,48-,49-,50+,51-,52+,53+,54+,55+,56-/m1/s1. The fraction of sp³-hybridized carbons (Fsp3) is 1.00. The van der Waals surface area contributed by atoms with Gasteiger partial charge in [0.1, 0.15) is 116 Å². The van der Waals surface area contributed by atoms with Crippen LogP contribution in [0.15, 0.2) is 0 Å². The van der Waals surface area contributed by atoms with E-state index in [0.717, 1.165) is 32.1 Å². The highest BCUT2D eigenvalue weighted by Crippen LogP contribution is 2.71. The Morgan fingerprint density at radius 1 is 0.518 bits per heavy atom. The molecule has 6 saturated heterocycles. The topological polar surface area (TPSA) is 466 Å². The van der Waals surface area contributed by atoms with Gasteiger partial charge in [-0.1, -0.05) is 27.7 Å². The number of aliphatic hydroxyl groups is 18. The Labute approximate surface area is 491 Å². The second kappa shape index (κ2) is 26.4. The van der Waals surface area contributed by atoms with Crippen LogP contribution in [0.25, 0.3) is 0 Å². The van der Waals surface area contributed by atoms with Gasteiger partial charge in [0, 0.05) is 12.3 Å². The van der Waals surface area contributed by atoms with E-state index in [0.29, 0.717) is 37.5 Å². The molecule has 0 aromatic rings. The molecule has 85 heavy (non-hydrogen) atoms. The molecule has 29 heteroatoms. The fourth-order valence-corrected chi connectivity index (χ4v) is 16.9. The van der Waals surface area contributed by atoms with E-state index in [1.54, 1.807) is 0 Å². The highest BCUT2D eigenvalue weighted by Gasteiger charge is 2.69. The third kappa shape index (κ3) is 12.3. The van der Waals surface area contributed by atoms with Gasteiger partial charge in [-0.25, -0.2) is 0 Å². The molecule has 6 aliphatic heterocycles. The molecule has 492 valence electrons. The molecule has 37 atom stereocenters. The molecular formula is C56H94O29. The summed E-state index contributed by atoms with van der Waals surface area (Å²) in [5.74, 6) is -0.636. The largest absolute Gasteiger partial charge is 0.394 e. The van der Waals surface area contributed by atoms with Gasteiger partial charge in [-0.3, -0.25) is 0 Å². The number of hydrogen-bond donors (Lipinski definition) is 18. The lowest BCUT2D eigenvalue weighted by Crippen LogP contribution is -2.68. The van der Waals surface area contributed by atoms with Crippen molar-refractivity contribution in [3.63, 3.8) is 0 Å². The van der Waals surface area contributed by atoms with E-state index in [4.69, 9.17) is 52.1 Å². The molecule has 0 radical (unpaired) electrons. The molecule has 4 aliphatic carbocycles. The molecule has 6 heterocycles. The zero-order valence-electron chi connectivity index (χ0n) is 48.3. The summed E-state index contributed by atoms with van der Waals surface area (Å²) in [6, 6.07) is 0. The first-order valence-corrected chi connectivity index (χ1v) is 30.4. The van der Waals surface area contributed by atoms with Crippen LogP contribution in [0.1, 0.15) is 85.5 Å². The van der Waals surface area contributed by atoms with Crippen LogP contribution < -0.4 is 0 Å². The molecule has 0 unspecified atom stereocenters. The van der Waals surface area contributed by atoms with E-state index in [1.807, 2.05) is 6.92 Å². The molecule has 0 bridgehead atoms. The van der Waals surface area contributed by atoms with Crippen molar-refractivity contribution in [3.05, 3.63) is 0 Å². The van der Waals surface area contributed by atoms with E-state index >= 15 is 0 Å². The number of rotatable bonds is 18. The zero-order valence-corrected chi connectivity index (χ0v) is 48.3. The van der Waals surface area contributed by atoms with E-state index in [-0.39, 0.29) is 53.1 Å². The SMILES string of the molecule is C[C@H](CC[C@@]1(O)O[C@H]2C[C@H]3[C@@H]4CC[C@H]5C[C@@H](O[C@@H]6O[C@H](CO)[C@@H](O[C@@H]7O[C@H](CO)[C@@H](O)[C@H](O[C@@H]8OC[C@@H](O)[C@H](O)[C@H]8O)[C@H]7O[C@@H]7O[C@H](CO)[C@@H](O)[C@H](O)[C@H]7O)[C@H](O)[C@H]6O)[C@H](O)C[C@]5(C)[C@H]4CC[C@]3(C)[C@H]2[C@@H]1C)CO[C@@H]1O[C@H](CO)[C@H](O)[C@H](O)[C@H]1O. The lowest BCUT2D eigenvalue weighted by atomic mass is 9.44. The second-order valence-electron chi connectivity index (χ2n) is 26.8. The molecule has 10 rings (SSSR count). The first kappa shape index (κ1) is 66.8. The Morgan fingerprint density at radius 3 is 1.73 bits per heavy atom. The van der Waals surface area contributed by atoms with Gasteiger partial charge in [-0.2, -0.15) is 0 Å². The summed E-state index contributed by atoms with van der Waals surface area (Å²) in [7, 11) is 0. The molecule has 29 nitrogen and oxygen atoms in total. The van der Waals surface area contributed by atoms with E-state index in [2.05, 4.69) is 20.8 Å². The van der Waals surface area contributed by atoms with Crippen LogP contribution in [0.2, 0.25) is 0 Å². The quantitative estimate of drug-likeness (QED) is 0.0568. The maximum Gasteiger partial charge on any atom is 0.187 e. The second-order valence-corrected chi connectivity index (χ2v) is 26.8. The first-order chi connectivity index (χ1) is 40.2. The minimum absolute atomic E-state index is 0.0808. The predicted octanol–water partition coefficient (Wildman–Crippen LogP) is -6.52. The van der Waals surface area contributed by atoms with Crippen molar-refractivity contribution < 1.29 is 144 Å². The van der Waals surface area contributed by atoms with Crippen LogP contribution >= 0.6 is 0 Å². The molecule has 10 fully saturated rings. The lowest BCUT2D eigenvalue weighted by Gasteiger charge is -2.62. The summed E-state index contributed by atoms with van der Waals surface area (Å²) in [5.41, 5.74) is -0.434. The maximum atomic E-state index is 12.1. The third-order valence-electron chi connectivity index (χ3n) is 21.8. The highest BCUT2D eigenvalue weighted by atomic mass is 16.8. The third-order valence-corrected chi connectivity index (χ3v) is 21.8. The van der Waals surface area contributed by atoms with Gasteiger partial charge >= 0.3 is 0 Å². The average molecular weight is 1230 g/mol. The van der Waals surface area contributed by atoms with Crippen LogP contribution in [0, 0.1) is 52.3 Å². The van der Waals surface area contributed by atoms with Gasteiger partial charge in [-0.05, 0) is 97.7 Å². The van der Waals surface area contributed by atoms with Gasteiger partial charge < -0.3 is 144 Å². The molecule has 10 aliphatic rings. The van der Waals surface area contributed by atoms with Crippen molar-refractivity contribution in [3.8, 4) is 0 Å². The lowest BCUT2D eigenvalue weighted by molar-refractivity contribution is -0.404. The minimum Gasteiger partial charge on any atom is -0.394 e. The van der Waals surface area contributed by atoms with E-state index < -0.39 is 198 Å². The average Bonchev–Trinajstić information content (AvgIpc) is 1.73. The molecule has 4 saturated carbocycles. The number of aliphatic hydroxyl groups excluding tert-OH is 17. The Bertz CT molecular complexity index is 2170. The molecule has 0 aromatic carbocycles. The Balaban J connectivity index is 0.771. The fourth-order valence-electron chi connectivity index (χ4n) is 16.9. The molecule has 0 spiro atoms. The van der Waals surface area contributed by atoms with Crippen molar-refractivity contribution in [1.82, 2.24) is 0 Å². The van der Waals surface area contributed by atoms with Crippen LogP contribution in [0.5, 0.6) is 0 Å². The molecule has 18 N–H and O–H groups in total. The molecule has 0 amide bonds. The summed E-state index contributed by atoms with van der Waals surface area (Å²) >= 11 is 0. The van der Waals surface area contributed by atoms with E-state index in [9.17, 15) is 91.9 Å². The van der Waals surface area contributed by atoms with Gasteiger partial charge in [0.05, 0.1) is 58.0 Å². The van der Waals surface area contributed by atoms with Crippen molar-refractivity contribution in [2.45, 2.75) is 257 Å². The zero-order chi connectivity index (χ0) is 61.5. The van der Waals surface area contributed by atoms with Crippen molar-refractivity contribution in [2.75, 3.05) is 39.6 Å². The van der Waals surface area contributed by atoms with Gasteiger partial charge in [0.2, 0.25) is 0 Å². The minimum atomic E-state index is -2.05. The van der Waals surface area contributed by atoms with Crippen LogP contribution in [0.4, 0.5) is 0 Å². The molecule has 0 aromatic heterocycles. The first-order valence-electron chi connectivity index (χ1n) is 30.4. The summed E-state index contributed by atoms with van der Waals surface area (Å²) < 4.78 is 65.5. The van der Waals surface area contributed by atoms with E-state index in [1.165, 1.54) is 0 Å². The number of ether oxygens (including phenoxy) is 11. The van der Waals surface area contributed by atoms with Gasteiger partial charge in [0.25, 0.3) is 0 Å². The molecular weight excluding hydrogens is 1140 g/mol. The van der Waals surface area contributed by atoms with Crippen LogP contribution in [0.3, 0.4) is 0 Å². The number of hydrogen-bond acceptors (Lipinski definition) is 29. The normalized spacial score (nSPS) is 55.8. The Hall–Kier alpha value is -1.16. The van der Waals surface area contributed by atoms with Crippen molar-refractivity contribution >= 4 is 0 Å². The van der Waals surface area contributed by atoms with Gasteiger partial charge in [-0.15, -0.1) is 0 Å². The maximum absolute atomic E-state index is 12.1. The summed E-state index contributed by atoms with van der Waals surface area (Å²) in [4.78, 5) is 0. The van der Waals surface area contributed by atoms with Crippen molar-refractivity contribution in [1.29, 1.82) is 0 Å². The Morgan fingerprint density at radius 2 is 1.07 bits per heavy atom. The van der Waals surface area contributed by atoms with Crippen LogP contribution in [-0.2, 0) is 52.1 Å². The Kier molecular flexibility index (Phi) is 20.8. The summed E-state index contributed by atoms with van der Waals surface area (Å²) in [6.07, 6.45) is -37.5. The van der Waals surface area contributed by atoms with Gasteiger partial charge in [0.15, 0.2) is 37.2 Å². The smallest absolute Gasteiger partial charge is 0.187 e. The van der Waals surface area contributed by atoms with Crippen molar-refractivity contribution in [2.24, 2.45) is 52.3 Å². The number of fused-ring (bicyclic) bond motifs is 7. The summed E-state index contributed by atoms with van der Waals surface area (Å²) in [6.45, 7) is 4.91. The monoisotopic (exact) mass is 1230 g/mol.